The summed E-state index contributed by atoms with van der Waals surface area (Å²) in [6.45, 7) is 6.95. The van der Waals surface area contributed by atoms with Crippen LogP contribution in [0.25, 0.3) is 0 Å². The molecular weight excluding hydrogens is 318 g/mol. The smallest absolute Gasteiger partial charge is 0.255 e. The Kier molecular flexibility index (Phi) is 6.33. The summed E-state index contributed by atoms with van der Waals surface area (Å²) in [6.07, 6.45) is 3.14. The number of nitrogens with zero attached hydrogens (tertiary/aromatic N) is 2. The third kappa shape index (κ3) is 4.92. The molecule has 1 aromatic carbocycles. The van der Waals surface area contributed by atoms with Gasteiger partial charge in [0, 0.05) is 20.1 Å². The van der Waals surface area contributed by atoms with Gasteiger partial charge in [-0.15, -0.1) is 0 Å². The minimum Gasteiger partial charge on any atom is -0.339 e. The minimum atomic E-state index is -0.356. The molecule has 1 aliphatic rings. The molecule has 0 unspecified atom stereocenters. The Balaban J connectivity index is 2.07. The molecule has 1 aliphatic heterocycles. The Labute approximate surface area is 148 Å². The summed E-state index contributed by atoms with van der Waals surface area (Å²) in [5.41, 5.74) is 0.943. The molecule has 0 bridgehead atoms. The van der Waals surface area contributed by atoms with Gasteiger partial charge in [0.2, 0.25) is 11.8 Å². The maximum Gasteiger partial charge on any atom is 0.255 e. The van der Waals surface area contributed by atoms with Crippen LogP contribution in [0.3, 0.4) is 0 Å². The van der Waals surface area contributed by atoms with Crippen molar-refractivity contribution in [3.8, 4) is 0 Å². The number of benzene rings is 1. The van der Waals surface area contributed by atoms with Crippen molar-refractivity contribution in [1.29, 1.82) is 0 Å². The number of para-hydroxylation sites is 1. The fraction of sp³-hybridized carbons (Fsp3) is 0.421. The van der Waals surface area contributed by atoms with Crippen molar-refractivity contribution in [2.75, 3.05) is 32.0 Å². The highest BCUT2D eigenvalue weighted by atomic mass is 16.2. The van der Waals surface area contributed by atoms with E-state index in [4.69, 9.17) is 0 Å². The number of likely N-dealkylation sites (tertiary alicyclic amines) is 1. The van der Waals surface area contributed by atoms with Gasteiger partial charge in [-0.05, 0) is 37.0 Å². The van der Waals surface area contributed by atoms with Crippen molar-refractivity contribution in [3.63, 3.8) is 0 Å². The summed E-state index contributed by atoms with van der Waals surface area (Å²) in [5.74, 6) is -0.123. The molecule has 134 valence electrons. The molecule has 0 spiro atoms. The van der Waals surface area contributed by atoms with Crippen LogP contribution in [0.1, 0.15) is 30.1 Å². The number of rotatable bonds is 5. The van der Waals surface area contributed by atoms with Crippen LogP contribution >= 0.6 is 0 Å². The van der Waals surface area contributed by atoms with Crippen molar-refractivity contribution in [2.24, 2.45) is 5.92 Å². The quantitative estimate of drug-likeness (QED) is 0.833. The van der Waals surface area contributed by atoms with E-state index in [1.54, 1.807) is 24.3 Å². The third-order valence-electron chi connectivity index (χ3n) is 4.43. The number of likely N-dealkylation sites (N-methyl/N-ethyl adjacent to an activating group) is 1. The lowest BCUT2D eigenvalue weighted by atomic mass is 9.98. The summed E-state index contributed by atoms with van der Waals surface area (Å²) in [4.78, 5) is 39.5. The van der Waals surface area contributed by atoms with Crippen LogP contribution < -0.4 is 5.32 Å². The monoisotopic (exact) mass is 343 g/mol. The van der Waals surface area contributed by atoms with E-state index in [1.807, 2.05) is 4.90 Å². The highest BCUT2D eigenvalue weighted by Crippen LogP contribution is 2.22. The number of hydrogen-bond acceptors (Lipinski definition) is 3. The molecule has 1 heterocycles. The standard InChI is InChI=1S/C19H25N3O3/c1-4-18(24)21(3)13-17(23)20-16-8-6-5-7-15(16)19(25)22-11-9-14(2)10-12-22/h4-8,14H,1,9-13H2,2-3H3,(H,20,23). The zero-order valence-corrected chi connectivity index (χ0v) is 14.8. The molecular formula is C19H25N3O3. The van der Waals surface area contributed by atoms with E-state index in [1.165, 1.54) is 11.9 Å². The lowest BCUT2D eigenvalue weighted by molar-refractivity contribution is -0.129. The first kappa shape index (κ1) is 18.7. The van der Waals surface area contributed by atoms with E-state index in [-0.39, 0.29) is 24.3 Å². The average Bonchev–Trinajstić information content (AvgIpc) is 2.61. The van der Waals surface area contributed by atoms with Crippen molar-refractivity contribution in [2.45, 2.75) is 19.8 Å². The van der Waals surface area contributed by atoms with E-state index in [0.717, 1.165) is 32.0 Å². The predicted molar refractivity (Wildman–Crippen MR) is 97.2 cm³/mol. The van der Waals surface area contributed by atoms with Gasteiger partial charge in [0.15, 0.2) is 0 Å². The van der Waals surface area contributed by atoms with Gasteiger partial charge < -0.3 is 15.1 Å². The second-order valence-corrected chi connectivity index (χ2v) is 6.47. The number of nitrogens with one attached hydrogen (secondary N) is 1. The van der Waals surface area contributed by atoms with Crippen molar-refractivity contribution >= 4 is 23.4 Å². The van der Waals surface area contributed by atoms with Crippen LogP contribution in [0.5, 0.6) is 0 Å². The number of hydrogen-bond donors (Lipinski definition) is 1. The lowest BCUT2D eigenvalue weighted by Gasteiger charge is -2.30. The topological polar surface area (TPSA) is 69.7 Å². The fourth-order valence-corrected chi connectivity index (χ4v) is 2.80. The normalized spacial score (nSPS) is 14.7. The average molecular weight is 343 g/mol. The SMILES string of the molecule is C=CC(=O)N(C)CC(=O)Nc1ccccc1C(=O)N1CCC(C)CC1. The van der Waals surface area contributed by atoms with E-state index in [2.05, 4.69) is 18.8 Å². The zero-order chi connectivity index (χ0) is 18.4. The first-order valence-electron chi connectivity index (χ1n) is 8.48. The third-order valence-corrected chi connectivity index (χ3v) is 4.43. The molecule has 25 heavy (non-hydrogen) atoms. The molecule has 0 aromatic heterocycles. The zero-order valence-electron chi connectivity index (χ0n) is 14.8. The van der Waals surface area contributed by atoms with Crippen molar-refractivity contribution in [1.82, 2.24) is 9.80 Å². The molecule has 6 nitrogen and oxygen atoms in total. The minimum absolute atomic E-state index is 0.0710. The summed E-state index contributed by atoms with van der Waals surface area (Å²) < 4.78 is 0. The van der Waals surface area contributed by atoms with E-state index in [0.29, 0.717) is 17.2 Å². The summed E-state index contributed by atoms with van der Waals surface area (Å²) >= 11 is 0. The van der Waals surface area contributed by atoms with Gasteiger partial charge in [0.1, 0.15) is 0 Å². The van der Waals surface area contributed by atoms with Gasteiger partial charge in [-0.2, -0.15) is 0 Å². The van der Waals surface area contributed by atoms with Crippen LogP contribution in [0, 0.1) is 5.92 Å². The fourth-order valence-electron chi connectivity index (χ4n) is 2.80. The largest absolute Gasteiger partial charge is 0.339 e. The first-order valence-corrected chi connectivity index (χ1v) is 8.48. The molecule has 1 saturated heterocycles. The van der Waals surface area contributed by atoms with Gasteiger partial charge in [0.05, 0.1) is 17.8 Å². The molecule has 1 fully saturated rings. The molecule has 1 aromatic rings. The van der Waals surface area contributed by atoms with Gasteiger partial charge in [-0.3, -0.25) is 14.4 Å². The highest BCUT2D eigenvalue weighted by Gasteiger charge is 2.23. The maximum atomic E-state index is 12.8. The van der Waals surface area contributed by atoms with Crippen molar-refractivity contribution < 1.29 is 14.4 Å². The highest BCUT2D eigenvalue weighted by molar-refractivity contribution is 6.04. The molecule has 1 N–H and O–H groups in total. The molecule has 0 aliphatic carbocycles. The summed E-state index contributed by atoms with van der Waals surface area (Å²) in [6, 6.07) is 6.97. The molecule has 3 amide bonds. The predicted octanol–water partition coefficient (Wildman–Crippen LogP) is 2.14. The van der Waals surface area contributed by atoms with E-state index in [9.17, 15) is 14.4 Å². The van der Waals surface area contributed by atoms with Crippen LogP contribution in [-0.2, 0) is 9.59 Å². The van der Waals surface area contributed by atoms with Crippen LogP contribution in [0.2, 0.25) is 0 Å². The molecule has 2 rings (SSSR count). The van der Waals surface area contributed by atoms with E-state index >= 15 is 0 Å². The Bertz CT molecular complexity index is 664. The Morgan fingerprint density at radius 3 is 2.56 bits per heavy atom. The summed E-state index contributed by atoms with van der Waals surface area (Å²) in [7, 11) is 1.52. The Morgan fingerprint density at radius 2 is 1.92 bits per heavy atom. The molecule has 6 heteroatoms. The van der Waals surface area contributed by atoms with Crippen molar-refractivity contribution in [3.05, 3.63) is 42.5 Å². The number of amides is 3. The lowest BCUT2D eigenvalue weighted by Crippen LogP contribution is -2.38. The maximum absolute atomic E-state index is 12.8. The van der Waals surface area contributed by atoms with Crippen LogP contribution in [-0.4, -0.2) is 54.2 Å². The summed E-state index contributed by atoms with van der Waals surface area (Å²) in [5, 5.41) is 2.73. The Hall–Kier alpha value is -2.63. The molecule has 0 atom stereocenters. The second kappa shape index (κ2) is 8.46. The molecule has 0 radical (unpaired) electrons. The number of carbonyl (C=O) groups is 3. The van der Waals surface area contributed by atoms with Crippen LogP contribution in [0.4, 0.5) is 5.69 Å². The molecule has 0 saturated carbocycles. The van der Waals surface area contributed by atoms with Gasteiger partial charge >= 0.3 is 0 Å². The van der Waals surface area contributed by atoms with Gasteiger partial charge in [-0.25, -0.2) is 0 Å². The Morgan fingerprint density at radius 1 is 1.28 bits per heavy atom. The van der Waals surface area contributed by atoms with E-state index < -0.39 is 0 Å². The number of anilines is 1. The first-order chi connectivity index (χ1) is 11.9. The van der Waals surface area contributed by atoms with Crippen LogP contribution in [0.15, 0.2) is 36.9 Å². The number of carbonyl (C=O) groups excluding carboxylic acids is 3. The van der Waals surface area contributed by atoms with Gasteiger partial charge in [0.25, 0.3) is 5.91 Å². The number of piperidine rings is 1. The second-order valence-electron chi connectivity index (χ2n) is 6.47. The van der Waals surface area contributed by atoms with Gasteiger partial charge in [-0.1, -0.05) is 25.6 Å².